The van der Waals surface area contributed by atoms with E-state index in [0.717, 1.165) is 12.8 Å². The number of anilines is 2. The second kappa shape index (κ2) is 9.07. The number of hydrogen-bond donors (Lipinski definition) is 1. The molecule has 9 heteroatoms. The Balaban J connectivity index is 1.75. The van der Waals surface area contributed by atoms with Gasteiger partial charge in [-0.05, 0) is 44.0 Å². The molecule has 3 rings (SSSR count). The van der Waals surface area contributed by atoms with Crippen LogP contribution in [0, 0.1) is 5.92 Å². The Labute approximate surface area is 166 Å². The number of benzene rings is 1. The summed E-state index contributed by atoms with van der Waals surface area (Å²) in [6.45, 7) is 2.26. The monoisotopic (exact) mass is 414 g/mol. The van der Waals surface area contributed by atoms with Crippen LogP contribution < -0.4 is 5.32 Å². The summed E-state index contributed by atoms with van der Waals surface area (Å²) in [4.78, 5) is 9.68. The summed E-state index contributed by atoms with van der Waals surface area (Å²) in [6.07, 6.45) is -1.48. The normalized spacial score (nSPS) is 15.8. The molecule has 28 heavy (non-hydrogen) atoms. The van der Waals surface area contributed by atoms with E-state index in [1.54, 1.807) is 24.3 Å². The number of alkyl halides is 3. The molecule has 1 aromatic heterocycles. The fourth-order valence-electron chi connectivity index (χ4n) is 3.25. The predicted octanol–water partition coefficient (Wildman–Crippen LogP) is 4.75. The SMILES string of the molecule is CN(Cc1cnc(Nc2cccc(Cl)c2)nc1C(F)(F)F)CC1CCOCC1. The van der Waals surface area contributed by atoms with Gasteiger partial charge in [0, 0.05) is 48.8 Å². The van der Waals surface area contributed by atoms with Crippen molar-refractivity contribution in [3.05, 3.63) is 46.7 Å². The van der Waals surface area contributed by atoms with Gasteiger partial charge in [0.05, 0.1) is 0 Å². The molecule has 1 saturated heterocycles. The number of ether oxygens (including phenoxy) is 1. The number of aromatic nitrogens is 2. The van der Waals surface area contributed by atoms with Gasteiger partial charge >= 0.3 is 6.18 Å². The summed E-state index contributed by atoms with van der Waals surface area (Å²) in [5.74, 6) is 0.309. The van der Waals surface area contributed by atoms with E-state index in [1.165, 1.54) is 6.20 Å². The quantitative estimate of drug-likeness (QED) is 0.739. The van der Waals surface area contributed by atoms with Gasteiger partial charge < -0.3 is 15.0 Å². The van der Waals surface area contributed by atoms with E-state index in [2.05, 4.69) is 15.3 Å². The Hall–Kier alpha value is -1.90. The highest BCUT2D eigenvalue weighted by molar-refractivity contribution is 6.30. The van der Waals surface area contributed by atoms with Crippen LogP contribution in [-0.2, 0) is 17.5 Å². The van der Waals surface area contributed by atoms with Crippen LogP contribution in [0.5, 0.6) is 0 Å². The van der Waals surface area contributed by atoms with Crippen LogP contribution in [0.2, 0.25) is 5.02 Å². The summed E-state index contributed by atoms with van der Waals surface area (Å²) in [6, 6.07) is 6.63. The molecule has 1 aliphatic rings. The van der Waals surface area contributed by atoms with Crippen molar-refractivity contribution in [1.29, 1.82) is 0 Å². The summed E-state index contributed by atoms with van der Waals surface area (Å²) in [5, 5.41) is 3.23. The van der Waals surface area contributed by atoms with Gasteiger partial charge in [-0.3, -0.25) is 0 Å². The maximum Gasteiger partial charge on any atom is 0.433 e. The minimum Gasteiger partial charge on any atom is -0.381 e. The lowest BCUT2D eigenvalue weighted by atomic mass is 10.00. The average molecular weight is 415 g/mol. The van der Waals surface area contributed by atoms with Crippen molar-refractivity contribution < 1.29 is 17.9 Å². The molecule has 0 atom stereocenters. The van der Waals surface area contributed by atoms with Gasteiger partial charge in [0.1, 0.15) is 0 Å². The van der Waals surface area contributed by atoms with Crippen LogP contribution in [0.1, 0.15) is 24.1 Å². The Morgan fingerprint density at radius 1 is 1.29 bits per heavy atom. The van der Waals surface area contributed by atoms with Gasteiger partial charge in [0.15, 0.2) is 5.69 Å². The van der Waals surface area contributed by atoms with Crippen molar-refractivity contribution in [1.82, 2.24) is 14.9 Å². The fraction of sp³-hybridized carbons (Fsp3) is 0.474. The molecule has 5 nitrogen and oxygen atoms in total. The van der Waals surface area contributed by atoms with E-state index in [-0.39, 0.29) is 18.1 Å². The highest BCUT2D eigenvalue weighted by Gasteiger charge is 2.36. The molecule has 1 fully saturated rings. The Morgan fingerprint density at radius 2 is 2.04 bits per heavy atom. The number of rotatable bonds is 6. The number of halogens is 4. The molecule has 2 aromatic rings. The van der Waals surface area contributed by atoms with Gasteiger partial charge in [0.25, 0.3) is 0 Å². The summed E-state index contributed by atoms with van der Waals surface area (Å²) in [5.41, 5.74) is -0.352. The Morgan fingerprint density at radius 3 is 2.71 bits per heavy atom. The van der Waals surface area contributed by atoms with E-state index in [4.69, 9.17) is 16.3 Å². The van der Waals surface area contributed by atoms with E-state index in [9.17, 15) is 13.2 Å². The lowest BCUT2D eigenvalue weighted by Crippen LogP contribution is -2.30. The largest absolute Gasteiger partial charge is 0.433 e. The molecule has 0 unspecified atom stereocenters. The van der Waals surface area contributed by atoms with Gasteiger partial charge in [-0.1, -0.05) is 17.7 Å². The van der Waals surface area contributed by atoms with E-state index in [1.807, 2.05) is 11.9 Å². The van der Waals surface area contributed by atoms with Crippen molar-refractivity contribution in [2.45, 2.75) is 25.6 Å². The van der Waals surface area contributed by atoms with Crippen molar-refractivity contribution in [3.63, 3.8) is 0 Å². The zero-order chi connectivity index (χ0) is 20.1. The first-order valence-corrected chi connectivity index (χ1v) is 9.41. The van der Waals surface area contributed by atoms with Gasteiger partial charge in [-0.25, -0.2) is 9.97 Å². The second-order valence-electron chi connectivity index (χ2n) is 6.95. The Bertz CT molecular complexity index is 797. The molecule has 1 N–H and O–H groups in total. The number of nitrogens with one attached hydrogen (secondary N) is 1. The molecule has 1 aliphatic heterocycles. The zero-order valence-electron chi connectivity index (χ0n) is 15.5. The van der Waals surface area contributed by atoms with E-state index >= 15 is 0 Å². The first-order valence-electron chi connectivity index (χ1n) is 9.03. The molecule has 0 bridgehead atoms. The lowest BCUT2D eigenvalue weighted by Gasteiger charge is -2.27. The molecule has 0 aliphatic carbocycles. The van der Waals surface area contributed by atoms with Crippen molar-refractivity contribution >= 4 is 23.2 Å². The molecule has 1 aromatic carbocycles. The van der Waals surface area contributed by atoms with Crippen LogP contribution in [0.25, 0.3) is 0 Å². The Kier molecular flexibility index (Phi) is 6.74. The van der Waals surface area contributed by atoms with Crippen LogP contribution >= 0.6 is 11.6 Å². The van der Waals surface area contributed by atoms with Crippen LogP contribution in [0.3, 0.4) is 0 Å². The predicted molar refractivity (Wildman–Crippen MR) is 102 cm³/mol. The molecular formula is C19H22ClF3N4O. The summed E-state index contributed by atoms with van der Waals surface area (Å²) < 4.78 is 46.0. The lowest BCUT2D eigenvalue weighted by molar-refractivity contribution is -0.142. The topological polar surface area (TPSA) is 50.3 Å². The fourth-order valence-corrected chi connectivity index (χ4v) is 3.44. The molecule has 0 spiro atoms. The van der Waals surface area contributed by atoms with Crippen molar-refractivity contribution in [2.24, 2.45) is 5.92 Å². The molecular weight excluding hydrogens is 393 g/mol. The summed E-state index contributed by atoms with van der Waals surface area (Å²) in [7, 11) is 1.81. The average Bonchev–Trinajstić information content (AvgIpc) is 2.63. The van der Waals surface area contributed by atoms with Gasteiger partial charge in [-0.2, -0.15) is 13.2 Å². The number of hydrogen-bond acceptors (Lipinski definition) is 5. The minimum absolute atomic E-state index is 0.0544. The molecule has 2 heterocycles. The standard InChI is InChI=1S/C19H22ClF3N4O/c1-27(11-13-5-7-28-8-6-13)12-14-10-24-18(26-17(14)19(21,22)23)25-16-4-2-3-15(20)9-16/h2-4,9-10,13H,5-8,11-12H2,1H3,(H,24,25,26). The maximum absolute atomic E-state index is 13.6. The smallest absolute Gasteiger partial charge is 0.381 e. The molecule has 0 radical (unpaired) electrons. The minimum atomic E-state index is -4.57. The first-order chi connectivity index (χ1) is 13.3. The van der Waals surface area contributed by atoms with Crippen LogP contribution in [0.15, 0.2) is 30.5 Å². The number of nitrogens with zero attached hydrogens (tertiary/aromatic N) is 3. The van der Waals surface area contributed by atoms with Crippen molar-refractivity contribution in [3.8, 4) is 0 Å². The molecule has 0 amide bonds. The summed E-state index contributed by atoms with van der Waals surface area (Å²) >= 11 is 5.90. The van der Waals surface area contributed by atoms with Crippen molar-refractivity contribution in [2.75, 3.05) is 32.1 Å². The zero-order valence-corrected chi connectivity index (χ0v) is 16.2. The second-order valence-corrected chi connectivity index (χ2v) is 7.39. The van der Waals surface area contributed by atoms with Gasteiger partial charge in [0.2, 0.25) is 5.95 Å². The van der Waals surface area contributed by atoms with Crippen LogP contribution in [-0.4, -0.2) is 41.7 Å². The molecule has 152 valence electrons. The van der Waals surface area contributed by atoms with Gasteiger partial charge in [-0.15, -0.1) is 0 Å². The third-order valence-electron chi connectivity index (χ3n) is 4.56. The third-order valence-corrected chi connectivity index (χ3v) is 4.80. The third kappa shape index (κ3) is 5.80. The highest BCUT2D eigenvalue weighted by atomic mass is 35.5. The van der Waals surface area contributed by atoms with Crippen LogP contribution in [0.4, 0.5) is 24.8 Å². The maximum atomic E-state index is 13.6. The van der Waals surface area contributed by atoms with E-state index < -0.39 is 11.9 Å². The molecule has 0 saturated carbocycles. The first kappa shape index (κ1) is 20.8. The highest BCUT2D eigenvalue weighted by Crippen LogP contribution is 2.32. The van der Waals surface area contributed by atoms with E-state index in [0.29, 0.717) is 36.4 Å².